The molecule has 7 aromatic carbocycles. The van der Waals surface area contributed by atoms with Crippen LogP contribution in [0, 0.1) is 6.92 Å². The molecule has 2 heterocycles. The van der Waals surface area contributed by atoms with E-state index in [1.54, 1.807) is 121 Å². The van der Waals surface area contributed by atoms with Crippen molar-refractivity contribution < 1.29 is 42.9 Å². The summed E-state index contributed by atoms with van der Waals surface area (Å²) >= 11 is 2.60. The molecule has 0 aliphatic carbocycles. The maximum absolute atomic E-state index is 14.4. The summed E-state index contributed by atoms with van der Waals surface area (Å²) < 4.78 is 33.8. The number of benzene rings is 7. The van der Waals surface area contributed by atoms with Crippen molar-refractivity contribution in [2.45, 2.75) is 48.5 Å². The molecule has 8 aromatic rings. The highest BCUT2D eigenvalue weighted by atomic mass is 32.2. The highest BCUT2D eigenvalue weighted by molar-refractivity contribution is 7.98. The van der Waals surface area contributed by atoms with Crippen LogP contribution in [0.5, 0.6) is 0 Å². The number of carbonyl (C=O) groups excluding carboxylic acids is 4. The van der Waals surface area contributed by atoms with Gasteiger partial charge in [-0.3, -0.25) is 4.57 Å². The average molecular weight is 995 g/mol. The molecule has 1 saturated heterocycles. The Labute approximate surface area is 423 Å². The molecule has 1 aliphatic heterocycles. The number of carbonyl (C=O) groups is 4. The molecule has 13 nitrogen and oxygen atoms in total. The van der Waals surface area contributed by atoms with Crippen molar-refractivity contribution in [1.82, 2.24) is 9.55 Å². The van der Waals surface area contributed by atoms with Crippen LogP contribution in [0.4, 0.5) is 5.69 Å². The zero-order valence-corrected chi connectivity index (χ0v) is 40.3. The minimum atomic E-state index is -1.62. The van der Waals surface area contributed by atoms with Gasteiger partial charge in [0.25, 0.3) is 0 Å². The molecule has 0 spiro atoms. The Balaban J connectivity index is 1.26. The maximum atomic E-state index is 14.4. The molecule has 0 saturated carbocycles. The van der Waals surface area contributed by atoms with Gasteiger partial charge in [0.05, 0.1) is 33.6 Å². The van der Waals surface area contributed by atoms with Crippen molar-refractivity contribution in [1.29, 1.82) is 0 Å². The molecule has 0 bridgehead atoms. The van der Waals surface area contributed by atoms with Crippen LogP contribution in [-0.4, -0.2) is 70.7 Å². The largest absolute Gasteiger partial charge is 0.459 e. The van der Waals surface area contributed by atoms with Crippen LogP contribution in [0.2, 0.25) is 0 Å². The Morgan fingerprint density at radius 1 is 0.583 bits per heavy atom. The Morgan fingerprint density at radius 2 is 1.07 bits per heavy atom. The SMILES string of the molecule is Cc1cccc(-n2c(SCc3ccccc3)nc(=Nc3ccccc3)s/c2=N\[C@@H]2O[C@H](COC(=O)c3ccccc3)[C@@H](OC(=O)c3ccccc3)[C@H](OC(=O)c3ccccc3)[C@H]2OC(=O)c2ccccc2)c1. The molecule has 0 N–H and O–H groups in total. The van der Waals surface area contributed by atoms with Crippen molar-refractivity contribution >= 4 is 52.7 Å². The zero-order chi connectivity index (χ0) is 49.7. The lowest BCUT2D eigenvalue weighted by Gasteiger charge is -2.43. The van der Waals surface area contributed by atoms with Gasteiger partial charge in [0, 0.05) is 5.75 Å². The summed E-state index contributed by atoms with van der Waals surface area (Å²) in [6.07, 6.45) is -7.70. The number of thioether (sulfide) groups is 1. The number of ether oxygens (including phenoxy) is 5. The van der Waals surface area contributed by atoms with E-state index in [2.05, 4.69) is 0 Å². The number of aryl methyl sites for hydroxylation is 1. The second-order valence-electron chi connectivity index (χ2n) is 16.3. The summed E-state index contributed by atoms with van der Waals surface area (Å²) in [5.74, 6) is -2.62. The standard InChI is InChI=1S/C57H46N4O9S2/c1-38-21-20-34-45(35-38)61-56(71-37-39-22-8-2-9-23-39)60-55(58-44-32-18-7-19-33-44)72-57(61)59-50-49(70-54(65)43-30-16-6-17-31-43)48(69-53(64)42-28-14-5-15-29-42)47(68-52(63)41-26-12-4-13-27-41)46(67-50)36-66-51(62)40-24-10-3-11-25-40/h2-35,46-50H,36-37H2,1H3/b58-55?,59-57-/t46-,47-,48+,49-,50-/m1/s1. The zero-order valence-electron chi connectivity index (χ0n) is 38.7. The van der Waals surface area contributed by atoms with E-state index in [0.717, 1.165) is 22.5 Å². The van der Waals surface area contributed by atoms with Crippen molar-refractivity contribution in [2.24, 2.45) is 9.98 Å². The van der Waals surface area contributed by atoms with Gasteiger partial charge in [-0.25, -0.2) is 29.2 Å². The van der Waals surface area contributed by atoms with E-state index in [1.807, 2.05) is 96.4 Å². The third-order valence-corrected chi connectivity index (χ3v) is 13.0. The number of para-hydroxylation sites is 1. The Kier molecular flexibility index (Phi) is 16.0. The van der Waals surface area contributed by atoms with Crippen molar-refractivity contribution in [3.8, 4) is 5.69 Å². The average Bonchev–Trinajstić information content (AvgIpc) is 3.42. The van der Waals surface area contributed by atoms with E-state index in [1.165, 1.54) is 11.8 Å². The number of rotatable bonds is 15. The summed E-state index contributed by atoms with van der Waals surface area (Å²) in [6, 6.07) is 60.2. The fourth-order valence-corrected chi connectivity index (χ4v) is 9.63. The maximum Gasteiger partial charge on any atom is 0.338 e. The molecule has 1 fully saturated rings. The van der Waals surface area contributed by atoms with Gasteiger partial charge in [0.1, 0.15) is 12.7 Å². The number of esters is 4. The van der Waals surface area contributed by atoms with E-state index in [9.17, 15) is 19.2 Å². The van der Waals surface area contributed by atoms with Crippen molar-refractivity contribution in [3.05, 3.63) is 249 Å². The quantitative estimate of drug-likeness (QED) is 0.0547. The fraction of sp³-hybridized carbons (Fsp3) is 0.140. The first-order valence-corrected chi connectivity index (χ1v) is 24.7. The minimum absolute atomic E-state index is 0.159. The van der Waals surface area contributed by atoms with Gasteiger partial charge < -0.3 is 23.7 Å². The molecular formula is C57H46N4O9S2. The van der Waals surface area contributed by atoms with E-state index in [-0.39, 0.29) is 22.3 Å². The predicted molar refractivity (Wildman–Crippen MR) is 272 cm³/mol. The minimum Gasteiger partial charge on any atom is -0.459 e. The predicted octanol–water partition coefficient (Wildman–Crippen LogP) is 9.93. The van der Waals surface area contributed by atoms with Crippen LogP contribution in [0.25, 0.3) is 5.69 Å². The topological polar surface area (TPSA) is 157 Å². The molecule has 0 amide bonds. The Bertz CT molecular complexity index is 3270. The van der Waals surface area contributed by atoms with Gasteiger partial charge in [0.15, 0.2) is 34.5 Å². The number of nitrogens with zero attached hydrogens (tertiary/aromatic N) is 4. The summed E-state index contributed by atoms with van der Waals surface area (Å²) in [7, 11) is 0. The molecule has 72 heavy (non-hydrogen) atoms. The smallest absolute Gasteiger partial charge is 0.338 e. The van der Waals surface area contributed by atoms with Crippen LogP contribution in [0.15, 0.2) is 221 Å². The van der Waals surface area contributed by atoms with Crippen molar-refractivity contribution in [3.63, 3.8) is 0 Å². The van der Waals surface area contributed by atoms with Gasteiger partial charge >= 0.3 is 23.9 Å². The number of aromatic nitrogens is 2. The van der Waals surface area contributed by atoms with Gasteiger partial charge in [-0.05, 0) is 90.8 Å². The first-order valence-electron chi connectivity index (χ1n) is 22.9. The lowest BCUT2D eigenvalue weighted by atomic mass is 9.97. The van der Waals surface area contributed by atoms with Crippen LogP contribution >= 0.6 is 23.1 Å². The third-order valence-electron chi connectivity index (χ3n) is 11.2. The van der Waals surface area contributed by atoms with Crippen LogP contribution in [0.3, 0.4) is 0 Å². The second kappa shape index (κ2) is 23.6. The Hall–Kier alpha value is -8.24. The lowest BCUT2D eigenvalue weighted by Crippen LogP contribution is -2.62. The van der Waals surface area contributed by atoms with Gasteiger partial charge in [-0.15, -0.1) is 0 Å². The number of hydrogen-bond acceptors (Lipinski definition) is 14. The number of hydrogen-bond donors (Lipinski definition) is 0. The van der Waals surface area contributed by atoms with Gasteiger partial charge in [-0.2, -0.15) is 4.98 Å². The fourth-order valence-electron chi connectivity index (χ4n) is 7.67. The first kappa shape index (κ1) is 48.8. The Morgan fingerprint density at radius 3 is 1.61 bits per heavy atom. The first-order chi connectivity index (χ1) is 35.3. The monoisotopic (exact) mass is 994 g/mol. The summed E-state index contributed by atoms with van der Waals surface area (Å²) in [5.41, 5.74) is 4.09. The highest BCUT2D eigenvalue weighted by Crippen LogP contribution is 2.32. The third kappa shape index (κ3) is 12.4. The molecule has 0 radical (unpaired) electrons. The summed E-state index contributed by atoms with van der Waals surface area (Å²) in [6.45, 7) is 1.45. The molecule has 1 aromatic heterocycles. The van der Waals surface area contributed by atoms with E-state index in [0.29, 0.717) is 31.9 Å². The van der Waals surface area contributed by atoms with Crippen LogP contribution < -0.4 is 9.60 Å². The summed E-state index contributed by atoms with van der Waals surface area (Å²) in [4.78, 5) is 72.6. The van der Waals surface area contributed by atoms with E-state index in [4.69, 9.17) is 38.7 Å². The molecule has 360 valence electrons. The molecule has 9 rings (SSSR count). The van der Waals surface area contributed by atoms with Gasteiger partial charge in [-0.1, -0.05) is 157 Å². The molecule has 15 heteroatoms. The van der Waals surface area contributed by atoms with Crippen LogP contribution in [-0.2, 0) is 29.4 Å². The highest BCUT2D eigenvalue weighted by Gasteiger charge is 2.53. The van der Waals surface area contributed by atoms with E-state index >= 15 is 0 Å². The summed E-state index contributed by atoms with van der Waals surface area (Å²) in [5, 5.41) is 0.514. The van der Waals surface area contributed by atoms with Gasteiger partial charge in [0.2, 0.25) is 4.80 Å². The second-order valence-corrected chi connectivity index (χ2v) is 18.2. The van der Waals surface area contributed by atoms with Crippen molar-refractivity contribution in [2.75, 3.05) is 6.61 Å². The molecule has 0 unspecified atom stereocenters. The lowest BCUT2D eigenvalue weighted by molar-refractivity contribution is -0.227. The molecule has 5 atom stereocenters. The van der Waals surface area contributed by atoms with E-state index < -0.39 is 61.1 Å². The molecular weight excluding hydrogens is 949 g/mol. The van der Waals surface area contributed by atoms with Crippen LogP contribution in [0.1, 0.15) is 52.6 Å². The molecule has 1 aliphatic rings. The normalized spacial score (nSPS) is 17.9.